The molecular formula is C13H13N3O2. The molecule has 0 fully saturated rings. The van der Waals surface area contributed by atoms with Gasteiger partial charge in [-0.05, 0) is 12.1 Å². The van der Waals surface area contributed by atoms with Gasteiger partial charge in [-0.2, -0.15) is 10.4 Å². The summed E-state index contributed by atoms with van der Waals surface area (Å²) in [6.45, 7) is 0.409. The number of methoxy groups -OCH3 is 1. The highest BCUT2D eigenvalue weighted by molar-refractivity contribution is 5.43. The first kappa shape index (κ1) is 12.0. The monoisotopic (exact) mass is 243 g/mol. The maximum atomic E-state index is 8.90. The van der Waals surface area contributed by atoms with Gasteiger partial charge in [0.1, 0.15) is 18.1 Å². The molecule has 0 amide bonds. The second-order valence-electron chi connectivity index (χ2n) is 3.82. The van der Waals surface area contributed by atoms with Crippen molar-refractivity contribution in [3.8, 4) is 17.6 Å². The van der Waals surface area contributed by atoms with Crippen LogP contribution in [0.25, 0.3) is 0 Å². The van der Waals surface area contributed by atoms with E-state index < -0.39 is 0 Å². The second-order valence-corrected chi connectivity index (χ2v) is 3.82. The standard InChI is InChI=1S/C13H13N3O2/c1-16-8-11(7-15-16)9-18-13-4-10(6-14)3-12(5-13)17-2/h3-5,7-8H,9H2,1-2H3. The quantitative estimate of drug-likeness (QED) is 0.822. The fourth-order valence-electron chi connectivity index (χ4n) is 1.55. The van der Waals surface area contributed by atoms with Crippen molar-refractivity contribution in [2.45, 2.75) is 6.61 Å². The van der Waals surface area contributed by atoms with E-state index in [1.807, 2.05) is 13.2 Å². The average molecular weight is 243 g/mol. The van der Waals surface area contributed by atoms with Crippen LogP contribution >= 0.6 is 0 Å². The minimum Gasteiger partial charge on any atom is -0.497 e. The molecule has 0 aliphatic carbocycles. The Kier molecular flexibility index (Phi) is 3.49. The van der Waals surface area contributed by atoms with E-state index in [0.29, 0.717) is 23.7 Å². The fraction of sp³-hybridized carbons (Fsp3) is 0.231. The van der Waals surface area contributed by atoms with Crippen LogP contribution in [0.1, 0.15) is 11.1 Å². The third kappa shape index (κ3) is 2.80. The average Bonchev–Trinajstić information content (AvgIpc) is 2.81. The zero-order chi connectivity index (χ0) is 13.0. The number of nitrogens with zero attached hydrogens (tertiary/aromatic N) is 3. The maximum absolute atomic E-state index is 8.90. The summed E-state index contributed by atoms with van der Waals surface area (Å²) >= 11 is 0. The van der Waals surface area contributed by atoms with Crippen molar-refractivity contribution in [3.63, 3.8) is 0 Å². The van der Waals surface area contributed by atoms with E-state index in [9.17, 15) is 0 Å². The third-order valence-corrected chi connectivity index (χ3v) is 2.41. The third-order valence-electron chi connectivity index (χ3n) is 2.41. The highest BCUT2D eigenvalue weighted by atomic mass is 16.5. The molecule has 0 spiro atoms. The second kappa shape index (κ2) is 5.23. The van der Waals surface area contributed by atoms with E-state index in [1.165, 1.54) is 0 Å². The first-order valence-electron chi connectivity index (χ1n) is 5.41. The minimum atomic E-state index is 0.409. The zero-order valence-corrected chi connectivity index (χ0v) is 10.3. The van der Waals surface area contributed by atoms with Crippen molar-refractivity contribution in [1.82, 2.24) is 9.78 Å². The molecule has 0 radical (unpaired) electrons. The summed E-state index contributed by atoms with van der Waals surface area (Å²) in [5, 5.41) is 13.0. The van der Waals surface area contributed by atoms with Gasteiger partial charge in [-0.15, -0.1) is 0 Å². The number of hydrogen-bond acceptors (Lipinski definition) is 4. The van der Waals surface area contributed by atoms with Crippen LogP contribution in [0.15, 0.2) is 30.6 Å². The van der Waals surface area contributed by atoms with Crippen LogP contribution in [0.5, 0.6) is 11.5 Å². The molecule has 92 valence electrons. The lowest BCUT2D eigenvalue weighted by Crippen LogP contribution is -1.95. The van der Waals surface area contributed by atoms with Gasteiger partial charge >= 0.3 is 0 Å². The van der Waals surface area contributed by atoms with Gasteiger partial charge < -0.3 is 9.47 Å². The number of benzene rings is 1. The molecule has 2 aromatic rings. The Bertz CT molecular complexity index is 584. The Morgan fingerprint density at radius 1 is 1.33 bits per heavy atom. The van der Waals surface area contributed by atoms with Crippen LogP contribution in [0, 0.1) is 11.3 Å². The number of nitriles is 1. The van der Waals surface area contributed by atoms with Gasteiger partial charge in [0.05, 0.1) is 24.9 Å². The van der Waals surface area contributed by atoms with Crippen molar-refractivity contribution in [2.75, 3.05) is 7.11 Å². The molecule has 5 nitrogen and oxygen atoms in total. The predicted molar refractivity (Wildman–Crippen MR) is 65.2 cm³/mol. The Balaban J connectivity index is 2.11. The highest BCUT2D eigenvalue weighted by Crippen LogP contribution is 2.23. The van der Waals surface area contributed by atoms with E-state index in [0.717, 1.165) is 5.56 Å². The van der Waals surface area contributed by atoms with Gasteiger partial charge in [0.2, 0.25) is 0 Å². The number of rotatable bonds is 4. The number of hydrogen-bond donors (Lipinski definition) is 0. The van der Waals surface area contributed by atoms with Crippen LogP contribution in [0.3, 0.4) is 0 Å². The summed E-state index contributed by atoms with van der Waals surface area (Å²) in [4.78, 5) is 0. The zero-order valence-electron chi connectivity index (χ0n) is 10.3. The van der Waals surface area contributed by atoms with Gasteiger partial charge in [-0.1, -0.05) is 0 Å². The summed E-state index contributed by atoms with van der Waals surface area (Å²) in [6.07, 6.45) is 3.62. The van der Waals surface area contributed by atoms with E-state index in [4.69, 9.17) is 14.7 Å². The Labute approximate surface area is 105 Å². The molecule has 0 aliphatic heterocycles. The molecule has 1 heterocycles. The number of ether oxygens (including phenoxy) is 2. The number of aryl methyl sites for hydroxylation is 1. The molecule has 0 atom stereocenters. The molecule has 0 saturated heterocycles. The molecule has 0 unspecified atom stereocenters. The van der Waals surface area contributed by atoms with E-state index in [2.05, 4.69) is 11.2 Å². The molecule has 2 rings (SSSR count). The molecule has 5 heteroatoms. The topological polar surface area (TPSA) is 60.1 Å². The van der Waals surface area contributed by atoms with Crippen LogP contribution in [-0.2, 0) is 13.7 Å². The molecule has 0 aliphatic rings. The summed E-state index contributed by atoms with van der Waals surface area (Å²) in [5.41, 5.74) is 1.48. The first-order chi connectivity index (χ1) is 8.71. The van der Waals surface area contributed by atoms with Crippen LogP contribution in [-0.4, -0.2) is 16.9 Å². The first-order valence-corrected chi connectivity index (χ1v) is 5.41. The molecule has 0 saturated carbocycles. The van der Waals surface area contributed by atoms with Crippen LogP contribution < -0.4 is 9.47 Å². The SMILES string of the molecule is COc1cc(C#N)cc(OCc2cnn(C)c2)c1. The van der Waals surface area contributed by atoms with Gasteiger partial charge in [-0.25, -0.2) is 0 Å². The summed E-state index contributed by atoms with van der Waals surface area (Å²) in [5.74, 6) is 1.21. The smallest absolute Gasteiger partial charge is 0.124 e. The highest BCUT2D eigenvalue weighted by Gasteiger charge is 2.03. The van der Waals surface area contributed by atoms with Crippen LogP contribution in [0.4, 0.5) is 0 Å². The predicted octanol–water partition coefficient (Wildman–Crippen LogP) is 1.88. The van der Waals surface area contributed by atoms with Crippen molar-refractivity contribution in [2.24, 2.45) is 7.05 Å². The van der Waals surface area contributed by atoms with Crippen LogP contribution in [0.2, 0.25) is 0 Å². The molecule has 18 heavy (non-hydrogen) atoms. The van der Waals surface area contributed by atoms with E-state index >= 15 is 0 Å². The van der Waals surface area contributed by atoms with E-state index in [1.54, 1.807) is 36.2 Å². The summed E-state index contributed by atoms with van der Waals surface area (Å²) < 4.78 is 12.4. The lowest BCUT2D eigenvalue weighted by atomic mass is 10.2. The maximum Gasteiger partial charge on any atom is 0.124 e. The van der Waals surface area contributed by atoms with Crippen molar-refractivity contribution in [3.05, 3.63) is 41.7 Å². The van der Waals surface area contributed by atoms with Crippen molar-refractivity contribution < 1.29 is 9.47 Å². The van der Waals surface area contributed by atoms with Gasteiger partial charge in [0.15, 0.2) is 0 Å². The Hall–Kier alpha value is -2.48. The largest absolute Gasteiger partial charge is 0.497 e. The molecule has 0 N–H and O–H groups in total. The van der Waals surface area contributed by atoms with Gasteiger partial charge in [0.25, 0.3) is 0 Å². The van der Waals surface area contributed by atoms with E-state index in [-0.39, 0.29) is 0 Å². The van der Waals surface area contributed by atoms with Crippen molar-refractivity contribution >= 4 is 0 Å². The minimum absolute atomic E-state index is 0.409. The van der Waals surface area contributed by atoms with Gasteiger partial charge in [-0.3, -0.25) is 4.68 Å². The Morgan fingerprint density at radius 3 is 2.72 bits per heavy atom. The molecule has 1 aromatic carbocycles. The fourth-order valence-corrected chi connectivity index (χ4v) is 1.55. The summed E-state index contributed by atoms with van der Waals surface area (Å²) in [7, 11) is 3.41. The molecule has 1 aromatic heterocycles. The lowest BCUT2D eigenvalue weighted by molar-refractivity contribution is 0.303. The molecular weight excluding hydrogens is 230 g/mol. The van der Waals surface area contributed by atoms with Gasteiger partial charge in [0, 0.05) is 24.9 Å². The molecule has 0 bridgehead atoms. The lowest BCUT2D eigenvalue weighted by Gasteiger charge is -2.07. The summed E-state index contributed by atoms with van der Waals surface area (Å²) in [6, 6.07) is 7.16. The normalized spacial score (nSPS) is 9.83. The van der Waals surface area contributed by atoms with Crippen molar-refractivity contribution in [1.29, 1.82) is 5.26 Å². The Morgan fingerprint density at radius 2 is 2.11 bits per heavy atom. The number of aromatic nitrogens is 2.